The smallest absolute Gasteiger partial charge is 0.317 e. The largest absolute Gasteiger partial charge is 0.338 e. The van der Waals surface area contributed by atoms with Gasteiger partial charge < -0.3 is 15.1 Å². The van der Waals surface area contributed by atoms with Crippen LogP contribution >= 0.6 is 11.3 Å². The third-order valence-corrected chi connectivity index (χ3v) is 5.41. The molecule has 4 nitrogen and oxygen atoms in total. The van der Waals surface area contributed by atoms with Crippen LogP contribution in [0.25, 0.3) is 0 Å². The molecule has 2 amide bonds. The Morgan fingerprint density at radius 2 is 2.04 bits per heavy atom. The molecule has 1 saturated carbocycles. The third kappa shape index (κ3) is 5.81. The summed E-state index contributed by atoms with van der Waals surface area (Å²) in [5.74, 6) is 0.461. The molecule has 5 heteroatoms. The Morgan fingerprint density at radius 3 is 2.61 bits per heavy atom. The van der Waals surface area contributed by atoms with Crippen LogP contribution in [-0.2, 0) is 6.54 Å². The van der Waals surface area contributed by atoms with Gasteiger partial charge in [0.05, 0.1) is 6.54 Å². The van der Waals surface area contributed by atoms with Crippen molar-refractivity contribution in [3.63, 3.8) is 0 Å². The monoisotopic (exact) mass is 337 g/mol. The summed E-state index contributed by atoms with van der Waals surface area (Å²) in [5, 5.41) is 3.16. The van der Waals surface area contributed by atoms with Crippen molar-refractivity contribution in [2.75, 3.05) is 27.2 Å². The van der Waals surface area contributed by atoms with E-state index in [1.807, 2.05) is 0 Å². The minimum atomic E-state index is 0.105. The molecular weight excluding hydrogens is 306 g/mol. The lowest BCUT2D eigenvalue weighted by Gasteiger charge is -2.29. The molecule has 0 spiro atoms. The first-order valence-electron chi connectivity index (χ1n) is 8.70. The van der Waals surface area contributed by atoms with E-state index in [0.29, 0.717) is 12.0 Å². The minimum Gasteiger partial charge on any atom is -0.338 e. The van der Waals surface area contributed by atoms with Crippen molar-refractivity contribution in [3.05, 3.63) is 21.9 Å². The Hall–Kier alpha value is -1.07. The highest BCUT2D eigenvalue weighted by Gasteiger charge is 2.27. The Balaban J connectivity index is 1.94. The van der Waals surface area contributed by atoms with Crippen molar-refractivity contribution in [1.29, 1.82) is 0 Å². The van der Waals surface area contributed by atoms with Crippen LogP contribution in [0, 0.1) is 12.8 Å². The van der Waals surface area contributed by atoms with Crippen LogP contribution < -0.4 is 5.32 Å². The third-order valence-electron chi connectivity index (χ3n) is 4.43. The molecule has 130 valence electrons. The molecule has 1 fully saturated rings. The van der Waals surface area contributed by atoms with Gasteiger partial charge in [0.1, 0.15) is 0 Å². The van der Waals surface area contributed by atoms with E-state index >= 15 is 0 Å². The maximum Gasteiger partial charge on any atom is 0.317 e. The van der Waals surface area contributed by atoms with Crippen molar-refractivity contribution < 1.29 is 4.79 Å². The van der Waals surface area contributed by atoms with Crippen molar-refractivity contribution >= 4 is 17.4 Å². The average Bonchev–Trinajstić information content (AvgIpc) is 3.13. The molecule has 2 rings (SSSR count). The lowest BCUT2D eigenvalue weighted by Crippen LogP contribution is -2.46. The molecule has 0 radical (unpaired) electrons. The first-order valence-corrected chi connectivity index (χ1v) is 9.52. The van der Waals surface area contributed by atoms with Gasteiger partial charge in [-0.1, -0.05) is 19.8 Å². The highest BCUT2D eigenvalue weighted by Crippen LogP contribution is 2.26. The van der Waals surface area contributed by atoms with E-state index in [1.54, 1.807) is 11.3 Å². The number of carbonyl (C=O) groups excluding carboxylic acids is 1. The topological polar surface area (TPSA) is 35.6 Å². The van der Waals surface area contributed by atoms with Gasteiger partial charge in [0.2, 0.25) is 0 Å². The Labute approximate surface area is 144 Å². The predicted molar refractivity (Wildman–Crippen MR) is 98.0 cm³/mol. The molecule has 1 unspecified atom stereocenters. The number of hydrogen-bond acceptors (Lipinski definition) is 3. The molecule has 1 atom stereocenters. The molecule has 1 aromatic rings. The SMILES string of the molecule is Cc1ccc(CN(C(=O)NCC(C)CN(C)C)C2CCCC2)s1. The lowest BCUT2D eigenvalue weighted by molar-refractivity contribution is 0.169. The summed E-state index contributed by atoms with van der Waals surface area (Å²) in [5.41, 5.74) is 0. The fourth-order valence-corrected chi connectivity index (χ4v) is 4.26. The zero-order valence-corrected chi connectivity index (χ0v) is 15.8. The van der Waals surface area contributed by atoms with Gasteiger partial charge in [-0.2, -0.15) is 0 Å². The number of carbonyl (C=O) groups is 1. The number of rotatable bonds is 7. The van der Waals surface area contributed by atoms with Crippen molar-refractivity contribution in [2.45, 2.75) is 52.1 Å². The Kier molecular flexibility index (Phi) is 6.90. The number of urea groups is 1. The summed E-state index contributed by atoms with van der Waals surface area (Å²) in [6.07, 6.45) is 4.78. The summed E-state index contributed by atoms with van der Waals surface area (Å²) >= 11 is 1.80. The summed E-state index contributed by atoms with van der Waals surface area (Å²) in [6, 6.07) is 4.81. The molecule has 1 aliphatic carbocycles. The summed E-state index contributed by atoms with van der Waals surface area (Å²) in [6.45, 7) is 6.79. The van der Waals surface area contributed by atoms with E-state index in [0.717, 1.165) is 32.5 Å². The molecule has 0 aliphatic heterocycles. The van der Waals surface area contributed by atoms with Crippen LogP contribution in [-0.4, -0.2) is 49.1 Å². The lowest BCUT2D eigenvalue weighted by atomic mass is 10.1. The zero-order valence-electron chi connectivity index (χ0n) is 15.0. The Morgan fingerprint density at radius 1 is 1.35 bits per heavy atom. The number of nitrogens with one attached hydrogen (secondary N) is 1. The van der Waals surface area contributed by atoms with Gasteiger partial charge in [0.15, 0.2) is 0 Å². The maximum atomic E-state index is 12.7. The Bertz CT molecular complexity index is 494. The maximum absolute atomic E-state index is 12.7. The van der Waals surface area contributed by atoms with Crippen LogP contribution in [0.1, 0.15) is 42.4 Å². The van der Waals surface area contributed by atoms with Gasteiger partial charge in [-0.15, -0.1) is 11.3 Å². The van der Waals surface area contributed by atoms with Gasteiger partial charge in [-0.3, -0.25) is 0 Å². The van der Waals surface area contributed by atoms with Crippen LogP contribution in [0.2, 0.25) is 0 Å². The van der Waals surface area contributed by atoms with E-state index in [-0.39, 0.29) is 6.03 Å². The molecule has 0 saturated heterocycles. The summed E-state index contributed by atoms with van der Waals surface area (Å²) in [7, 11) is 4.14. The number of hydrogen-bond donors (Lipinski definition) is 1. The fourth-order valence-electron chi connectivity index (χ4n) is 3.37. The number of nitrogens with zero attached hydrogens (tertiary/aromatic N) is 2. The molecular formula is C18H31N3OS. The second kappa shape index (κ2) is 8.69. The van der Waals surface area contributed by atoms with Crippen LogP contribution in [0.3, 0.4) is 0 Å². The molecule has 0 bridgehead atoms. The molecule has 0 aromatic carbocycles. The minimum absolute atomic E-state index is 0.105. The van der Waals surface area contributed by atoms with Crippen molar-refractivity contribution in [2.24, 2.45) is 5.92 Å². The predicted octanol–water partition coefficient (Wildman–Crippen LogP) is 3.71. The van der Waals surface area contributed by atoms with Gasteiger partial charge in [0.25, 0.3) is 0 Å². The van der Waals surface area contributed by atoms with Crippen molar-refractivity contribution in [1.82, 2.24) is 15.1 Å². The van der Waals surface area contributed by atoms with Crippen LogP contribution in [0.4, 0.5) is 4.79 Å². The van der Waals surface area contributed by atoms with Crippen LogP contribution in [0.5, 0.6) is 0 Å². The quantitative estimate of drug-likeness (QED) is 0.823. The molecule has 1 aromatic heterocycles. The molecule has 1 N–H and O–H groups in total. The number of amides is 2. The summed E-state index contributed by atoms with van der Waals surface area (Å²) < 4.78 is 0. The molecule has 1 aliphatic rings. The van der Waals surface area contributed by atoms with Gasteiger partial charge in [-0.05, 0) is 51.9 Å². The van der Waals surface area contributed by atoms with Crippen molar-refractivity contribution in [3.8, 4) is 0 Å². The molecule has 23 heavy (non-hydrogen) atoms. The van der Waals surface area contributed by atoms with Gasteiger partial charge >= 0.3 is 6.03 Å². The van der Waals surface area contributed by atoms with E-state index in [2.05, 4.69) is 55.2 Å². The van der Waals surface area contributed by atoms with Crippen LogP contribution in [0.15, 0.2) is 12.1 Å². The standard InChI is InChI=1S/C18H31N3OS/c1-14(12-20(3)4)11-19-18(22)21(16-7-5-6-8-16)13-17-10-9-15(2)23-17/h9-10,14,16H,5-8,11-13H2,1-4H3,(H,19,22). The highest BCUT2D eigenvalue weighted by molar-refractivity contribution is 7.11. The fraction of sp³-hybridized carbons (Fsp3) is 0.722. The summed E-state index contributed by atoms with van der Waals surface area (Å²) in [4.78, 5) is 19.6. The first-order chi connectivity index (χ1) is 11.0. The zero-order chi connectivity index (χ0) is 16.8. The van der Waals surface area contributed by atoms with E-state index in [1.165, 1.54) is 22.6 Å². The van der Waals surface area contributed by atoms with E-state index < -0.39 is 0 Å². The van der Waals surface area contributed by atoms with E-state index in [9.17, 15) is 4.79 Å². The second-order valence-corrected chi connectivity index (χ2v) is 8.50. The average molecular weight is 338 g/mol. The van der Waals surface area contributed by atoms with E-state index in [4.69, 9.17) is 0 Å². The van der Waals surface area contributed by atoms with Gasteiger partial charge in [0, 0.05) is 28.9 Å². The number of aryl methyl sites for hydroxylation is 1. The first kappa shape index (κ1) is 18.3. The van der Waals surface area contributed by atoms with Gasteiger partial charge in [-0.25, -0.2) is 4.79 Å². The molecule has 1 heterocycles. The number of thiophene rings is 1. The second-order valence-electron chi connectivity index (χ2n) is 7.13. The highest BCUT2D eigenvalue weighted by atomic mass is 32.1. The normalized spacial score (nSPS) is 16.7.